The number of hydrogen-bond acceptors (Lipinski definition) is 4. The van der Waals surface area contributed by atoms with E-state index in [2.05, 4.69) is 9.97 Å². The first-order valence-electron chi connectivity index (χ1n) is 5.88. The van der Waals surface area contributed by atoms with E-state index in [4.69, 9.17) is 16.3 Å². The predicted octanol–water partition coefficient (Wildman–Crippen LogP) is 3.17. The molecular formula is C14H15ClN2O2. The first-order valence-corrected chi connectivity index (χ1v) is 6.26. The van der Waals surface area contributed by atoms with E-state index in [9.17, 15) is 5.11 Å². The molecule has 1 heterocycles. The zero-order valence-corrected chi connectivity index (χ0v) is 11.8. The minimum absolute atomic E-state index is 0.551. The van der Waals surface area contributed by atoms with Crippen molar-refractivity contribution in [1.29, 1.82) is 0 Å². The van der Waals surface area contributed by atoms with E-state index in [1.54, 1.807) is 32.4 Å². The van der Waals surface area contributed by atoms with Gasteiger partial charge < -0.3 is 9.84 Å². The molecule has 19 heavy (non-hydrogen) atoms. The van der Waals surface area contributed by atoms with Crippen LogP contribution in [0.3, 0.4) is 0 Å². The van der Waals surface area contributed by atoms with Crippen LogP contribution in [0.1, 0.15) is 24.3 Å². The Bertz CT molecular complexity index is 600. The zero-order chi connectivity index (χ0) is 14.0. The highest BCUT2D eigenvalue weighted by Gasteiger charge is 2.13. The minimum atomic E-state index is -0.582. The van der Waals surface area contributed by atoms with E-state index in [1.165, 1.54) is 0 Å². The summed E-state index contributed by atoms with van der Waals surface area (Å²) in [6, 6.07) is 5.30. The third kappa shape index (κ3) is 2.85. The van der Waals surface area contributed by atoms with Crippen LogP contribution < -0.4 is 4.74 Å². The molecule has 0 amide bonds. The Kier molecular flexibility index (Phi) is 4.02. The SMILES string of the molecule is COc1cc(Cl)ccc1-c1ncc([C@@H](C)O)c(C)n1. The summed E-state index contributed by atoms with van der Waals surface area (Å²) in [7, 11) is 1.58. The van der Waals surface area contributed by atoms with Crippen molar-refractivity contribution in [3.63, 3.8) is 0 Å². The fraction of sp³-hybridized carbons (Fsp3) is 0.286. The second kappa shape index (κ2) is 5.55. The van der Waals surface area contributed by atoms with Crippen molar-refractivity contribution in [1.82, 2.24) is 9.97 Å². The van der Waals surface area contributed by atoms with E-state index in [0.717, 1.165) is 16.8 Å². The number of aryl methyl sites for hydroxylation is 1. The van der Waals surface area contributed by atoms with Gasteiger partial charge in [-0.1, -0.05) is 11.6 Å². The van der Waals surface area contributed by atoms with Gasteiger partial charge in [0.2, 0.25) is 0 Å². The normalized spacial score (nSPS) is 12.3. The second-order valence-electron chi connectivity index (χ2n) is 4.25. The number of nitrogens with zero attached hydrogens (tertiary/aromatic N) is 2. The van der Waals surface area contributed by atoms with Gasteiger partial charge in [0, 0.05) is 22.5 Å². The summed E-state index contributed by atoms with van der Waals surface area (Å²) >= 11 is 5.93. The maximum atomic E-state index is 9.58. The Hall–Kier alpha value is -1.65. The number of rotatable bonds is 3. The van der Waals surface area contributed by atoms with Crippen LogP contribution in [0.5, 0.6) is 5.75 Å². The molecular weight excluding hydrogens is 264 g/mol. The van der Waals surface area contributed by atoms with Crippen molar-refractivity contribution in [3.05, 3.63) is 40.7 Å². The summed E-state index contributed by atoms with van der Waals surface area (Å²) in [6.45, 7) is 3.53. The molecule has 0 radical (unpaired) electrons. The molecule has 1 aromatic carbocycles. The lowest BCUT2D eigenvalue weighted by Gasteiger charge is -2.11. The van der Waals surface area contributed by atoms with Crippen LogP contribution in [-0.2, 0) is 0 Å². The summed E-state index contributed by atoms with van der Waals surface area (Å²) in [6.07, 6.45) is 1.05. The van der Waals surface area contributed by atoms with E-state index in [-0.39, 0.29) is 0 Å². The van der Waals surface area contributed by atoms with Crippen molar-refractivity contribution in [3.8, 4) is 17.1 Å². The van der Waals surface area contributed by atoms with E-state index in [0.29, 0.717) is 16.6 Å². The van der Waals surface area contributed by atoms with Gasteiger partial charge in [0.1, 0.15) is 5.75 Å². The minimum Gasteiger partial charge on any atom is -0.496 e. The molecule has 0 saturated carbocycles. The highest BCUT2D eigenvalue weighted by Crippen LogP contribution is 2.30. The van der Waals surface area contributed by atoms with Gasteiger partial charge >= 0.3 is 0 Å². The molecule has 0 saturated heterocycles. The maximum Gasteiger partial charge on any atom is 0.163 e. The number of methoxy groups -OCH3 is 1. The molecule has 0 aliphatic carbocycles. The Morgan fingerprint density at radius 3 is 2.68 bits per heavy atom. The van der Waals surface area contributed by atoms with Crippen LogP contribution in [0.25, 0.3) is 11.4 Å². The van der Waals surface area contributed by atoms with Crippen LogP contribution in [0.2, 0.25) is 5.02 Å². The van der Waals surface area contributed by atoms with E-state index in [1.807, 2.05) is 13.0 Å². The maximum absolute atomic E-state index is 9.58. The average molecular weight is 279 g/mol. The van der Waals surface area contributed by atoms with Gasteiger partial charge in [-0.3, -0.25) is 0 Å². The van der Waals surface area contributed by atoms with Crippen LogP contribution in [0, 0.1) is 6.92 Å². The van der Waals surface area contributed by atoms with E-state index < -0.39 is 6.10 Å². The van der Waals surface area contributed by atoms with Gasteiger partial charge in [0.15, 0.2) is 5.82 Å². The summed E-state index contributed by atoms with van der Waals surface area (Å²) in [5.41, 5.74) is 2.24. The standard InChI is InChI=1S/C14H15ClN2O2/c1-8-12(9(2)18)7-16-14(17-8)11-5-4-10(15)6-13(11)19-3/h4-7,9,18H,1-3H3/t9-/m1/s1. The summed E-state index contributed by atoms with van der Waals surface area (Å²) in [4.78, 5) is 8.68. The molecule has 2 rings (SSSR count). The molecule has 1 N–H and O–H groups in total. The van der Waals surface area contributed by atoms with Crippen LogP contribution in [0.4, 0.5) is 0 Å². The Labute approximate surface area is 117 Å². The number of halogens is 1. The number of ether oxygens (including phenoxy) is 1. The van der Waals surface area contributed by atoms with Gasteiger partial charge in [0.05, 0.1) is 18.8 Å². The summed E-state index contributed by atoms with van der Waals surface area (Å²) in [5.74, 6) is 1.17. The number of benzene rings is 1. The number of hydrogen-bond donors (Lipinski definition) is 1. The monoisotopic (exact) mass is 278 g/mol. The van der Waals surface area contributed by atoms with Gasteiger partial charge in [-0.25, -0.2) is 9.97 Å². The average Bonchev–Trinajstić information content (AvgIpc) is 2.37. The lowest BCUT2D eigenvalue weighted by Crippen LogP contribution is -2.02. The smallest absolute Gasteiger partial charge is 0.163 e. The number of aliphatic hydroxyl groups excluding tert-OH is 1. The molecule has 1 atom stereocenters. The Morgan fingerprint density at radius 2 is 2.11 bits per heavy atom. The highest BCUT2D eigenvalue weighted by atomic mass is 35.5. The van der Waals surface area contributed by atoms with Gasteiger partial charge in [0.25, 0.3) is 0 Å². The van der Waals surface area contributed by atoms with Crippen molar-refractivity contribution in [2.45, 2.75) is 20.0 Å². The molecule has 0 spiro atoms. The zero-order valence-electron chi connectivity index (χ0n) is 11.0. The van der Waals surface area contributed by atoms with Gasteiger partial charge in [-0.2, -0.15) is 0 Å². The predicted molar refractivity (Wildman–Crippen MR) is 74.4 cm³/mol. The summed E-state index contributed by atoms with van der Waals surface area (Å²) in [5, 5.41) is 10.2. The quantitative estimate of drug-likeness (QED) is 0.937. The van der Waals surface area contributed by atoms with Gasteiger partial charge in [-0.05, 0) is 32.0 Å². The lowest BCUT2D eigenvalue weighted by molar-refractivity contribution is 0.197. The van der Waals surface area contributed by atoms with Crippen LogP contribution >= 0.6 is 11.6 Å². The lowest BCUT2D eigenvalue weighted by atomic mass is 10.1. The van der Waals surface area contributed by atoms with Crippen LogP contribution in [0.15, 0.2) is 24.4 Å². The molecule has 0 bridgehead atoms. The van der Waals surface area contributed by atoms with Crippen molar-refractivity contribution < 1.29 is 9.84 Å². The number of aliphatic hydroxyl groups is 1. The fourth-order valence-corrected chi connectivity index (χ4v) is 2.03. The Balaban J connectivity index is 2.51. The first-order chi connectivity index (χ1) is 9.02. The second-order valence-corrected chi connectivity index (χ2v) is 4.69. The molecule has 100 valence electrons. The molecule has 0 fully saturated rings. The highest BCUT2D eigenvalue weighted by molar-refractivity contribution is 6.30. The largest absolute Gasteiger partial charge is 0.496 e. The molecule has 0 unspecified atom stereocenters. The fourth-order valence-electron chi connectivity index (χ4n) is 1.87. The van der Waals surface area contributed by atoms with Crippen molar-refractivity contribution in [2.24, 2.45) is 0 Å². The van der Waals surface area contributed by atoms with Crippen LogP contribution in [-0.4, -0.2) is 22.2 Å². The van der Waals surface area contributed by atoms with E-state index >= 15 is 0 Å². The molecule has 0 aliphatic heterocycles. The molecule has 2 aromatic rings. The van der Waals surface area contributed by atoms with Crippen molar-refractivity contribution in [2.75, 3.05) is 7.11 Å². The van der Waals surface area contributed by atoms with Gasteiger partial charge in [-0.15, -0.1) is 0 Å². The first kappa shape index (κ1) is 13.8. The third-order valence-corrected chi connectivity index (χ3v) is 3.11. The Morgan fingerprint density at radius 1 is 1.37 bits per heavy atom. The molecule has 0 aliphatic rings. The topological polar surface area (TPSA) is 55.2 Å². The molecule has 1 aromatic heterocycles. The van der Waals surface area contributed by atoms with Crippen molar-refractivity contribution >= 4 is 11.6 Å². The molecule has 5 heteroatoms. The molecule has 4 nitrogen and oxygen atoms in total. The number of aromatic nitrogens is 2. The third-order valence-electron chi connectivity index (χ3n) is 2.87. The summed E-state index contributed by atoms with van der Waals surface area (Å²) < 4.78 is 5.28.